The first-order valence-corrected chi connectivity index (χ1v) is 7.86. The van der Waals surface area contributed by atoms with E-state index in [0.29, 0.717) is 23.9 Å². The summed E-state index contributed by atoms with van der Waals surface area (Å²) in [6.45, 7) is 3.20. The SMILES string of the molecule is COCC1(CNC(=O)COc2ccc(Cl)cc2)CCNCC1. The molecule has 22 heavy (non-hydrogen) atoms. The Morgan fingerprint density at radius 3 is 2.64 bits per heavy atom. The first-order chi connectivity index (χ1) is 10.6. The molecule has 0 bridgehead atoms. The molecule has 1 fully saturated rings. The first kappa shape index (κ1) is 17.1. The number of methoxy groups -OCH3 is 1. The number of nitrogens with one attached hydrogen (secondary N) is 2. The predicted molar refractivity (Wildman–Crippen MR) is 86.4 cm³/mol. The van der Waals surface area contributed by atoms with Crippen molar-refractivity contribution < 1.29 is 14.3 Å². The van der Waals surface area contributed by atoms with Crippen LogP contribution in [0.5, 0.6) is 5.75 Å². The molecular formula is C16H23ClN2O3. The lowest BCUT2D eigenvalue weighted by Crippen LogP contribution is -2.47. The van der Waals surface area contributed by atoms with Crippen molar-refractivity contribution in [3.05, 3.63) is 29.3 Å². The van der Waals surface area contributed by atoms with Crippen LogP contribution in [0.2, 0.25) is 5.02 Å². The number of hydrogen-bond acceptors (Lipinski definition) is 4. The first-order valence-electron chi connectivity index (χ1n) is 7.48. The summed E-state index contributed by atoms with van der Waals surface area (Å²) in [5.74, 6) is 0.511. The summed E-state index contributed by atoms with van der Waals surface area (Å²) < 4.78 is 10.8. The highest BCUT2D eigenvalue weighted by Gasteiger charge is 2.32. The van der Waals surface area contributed by atoms with E-state index in [-0.39, 0.29) is 17.9 Å². The highest BCUT2D eigenvalue weighted by Crippen LogP contribution is 2.28. The van der Waals surface area contributed by atoms with E-state index in [1.165, 1.54) is 0 Å². The minimum atomic E-state index is -0.121. The molecule has 122 valence electrons. The molecule has 1 heterocycles. The summed E-state index contributed by atoms with van der Waals surface area (Å²) in [5.41, 5.74) is 0.0237. The Morgan fingerprint density at radius 1 is 1.32 bits per heavy atom. The van der Waals surface area contributed by atoms with Crippen LogP contribution in [-0.4, -0.2) is 45.9 Å². The zero-order chi connectivity index (χ0) is 15.8. The molecule has 0 unspecified atom stereocenters. The van der Waals surface area contributed by atoms with Crippen LogP contribution < -0.4 is 15.4 Å². The van der Waals surface area contributed by atoms with Crippen LogP contribution in [0, 0.1) is 5.41 Å². The molecule has 0 spiro atoms. The number of rotatable bonds is 7. The van der Waals surface area contributed by atoms with Crippen LogP contribution in [-0.2, 0) is 9.53 Å². The molecule has 5 nitrogen and oxygen atoms in total. The summed E-state index contributed by atoms with van der Waals surface area (Å²) in [4.78, 5) is 12.0. The van der Waals surface area contributed by atoms with E-state index in [1.807, 2.05) is 0 Å². The monoisotopic (exact) mass is 326 g/mol. The maximum absolute atomic E-state index is 12.0. The fraction of sp³-hybridized carbons (Fsp3) is 0.562. The number of carbonyl (C=O) groups excluding carboxylic acids is 1. The van der Waals surface area contributed by atoms with Crippen LogP contribution in [0.1, 0.15) is 12.8 Å². The number of amides is 1. The highest BCUT2D eigenvalue weighted by molar-refractivity contribution is 6.30. The third kappa shape index (κ3) is 5.16. The number of benzene rings is 1. The van der Waals surface area contributed by atoms with Gasteiger partial charge in [-0.2, -0.15) is 0 Å². The molecule has 0 aromatic heterocycles. The average molecular weight is 327 g/mol. The lowest BCUT2D eigenvalue weighted by Gasteiger charge is -2.37. The number of ether oxygens (including phenoxy) is 2. The summed E-state index contributed by atoms with van der Waals surface area (Å²) in [5, 5.41) is 6.94. The molecule has 0 aliphatic carbocycles. The van der Waals surface area contributed by atoms with Gasteiger partial charge in [0.2, 0.25) is 0 Å². The quantitative estimate of drug-likeness (QED) is 0.803. The van der Waals surface area contributed by atoms with E-state index in [4.69, 9.17) is 21.1 Å². The number of halogens is 1. The third-order valence-corrected chi connectivity index (χ3v) is 4.21. The Morgan fingerprint density at radius 2 is 2.00 bits per heavy atom. The Labute approximate surface area is 136 Å². The lowest BCUT2D eigenvalue weighted by atomic mass is 9.79. The van der Waals surface area contributed by atoms with Gasteiger partial charge >= 0.3 is 0 Å². The van der Waals surface area contributed by atoms with Gasteiger partial charge in [0.05, 0.1) is 6.61 Å². The molecule has 0 atom stereocenters. The van der Waals surface area contributed by atoms with Crippen LogP contribution >= 0.6 is 11.6 Å². The second-order valence-corrected chi connectivity index (χ2v) is 6.14. The van der Waals surface area contributed by atoms with Crippen molar-refractivity contribution in [2.45, 2.75) is 12.8 Å². The van der Waals surface area contributed by atoms with Gasteiger partial charge in [0.1, 0.15) is 5.75 Å². The fourth-order valence-electron chi connectivity index (χ4n) is 2.65. The Hall–Kier alpha value is -1.30. The van der Waals surface area contributed by atoms with Gasteiger partial charge in [0.25, 0.3) is 5.91 Å². The van der Waals surface area contributed by atoms with Gasteiger partial charge < -0.3 is 20.1 Å². The predicted octanol–water partition coefficient (Wildman–Crippen LogP) is 1.85. The van der Waals surface area contributed by atoms with Crippen LogP contribution in [0.25, 0.3) is 0 Å². The van der Waals surface area contributed by atoms with E-state index in [1.54, 1.807) is 31.4 Å². The van der Waals surface area contributed by atoms with Gasteiger partial charge in [0, 0.05) is 24.1 Å². The van der Waals surface area contributed by atoms with Gasteiger partial charge in [-0.3, -0.25) is 4.79 Å². The zero-order valence-electron chi connectivity index (χ0n) is 12.9. The molecule has 1 amide bonds. The molecule has 6 heteroatoms. The van der Waals surface area contributed by atoms with Crippen molar-refractivity contribution in [3.8, 4) is 5.75 Å². The van der Waals surface area contributed by atoms with Crippen LogP contribution in [0.3, 0.4) is 0 Å². The van der Waals surface area contributed by atoms with Crippen molar-refractivity contribution in [2.24, 2.45) is 5.41 Å². The minimum Gasteiger partial charge on any atom is -0.484 e. The Balaban J connectivity index is 1.77. The normalized spacial score (nSPS) is 17.0. The summed E-state index contributed by atoms with van der Waals surface area (Å²) >= 11 is 5.80. The Bertz CT molecular complexity index is 467. The van der Waals surface area contributed by atoms with Crippen LogP contribution in [0.15, 0.2) is 24.3 Å². The van der Waals surface area contributed by atoms with E-state index < -0.39 is 0 Å². The molecule has 0 radical (unpaired) electrons. The molecule has 1 saturated heterocycles. The molecule has 0 saturated carbocycles. The summed E-state index contributed by atoms with van der Waals surface area (Å²) in [6.07, 6.45) is 2.00. The van der Waals surface area contributed by atoms with E-state index >= 15 is 0 Å². The molecule has 1 aliphatic rings. The summed E-state index contributed by atoms with van der Waals surface area (Å²) in [6, 6.07) is 6.96. The third-order valence-electron chi connectivity index (χ3n) is 3.96. The summed E-state index contributed by atoms with van der Waals surface area (Å²) in [7, 11) is 1.70. The zero-order valence-corrected chi connectivity index (χ0v) is 13.6. The molecule has 1 aromatic carbocycles. The smallest absolute Gasteiger partial charge is 0.257 e. The minimum absolute atomic E-state index is 0.00292. The van der Waals surface area contributed by atoms with Gasteiger partial charge in [-0.1, -0.05) is 11.6 Å². The van der Waals surface area contributed by atoms with E-state index in [0.717, 1.165) is 25.9 Å². The second-order valence-electron chi connectivity index (χ2n) is 5.70. The average Bonchev–Trinajstić information content (AvgIpc) is 2.54. The van der Waals surface area contributed by atoms with Crippen LogP contribution in [0.4, 0.5) is 0 Å². The van der Waals surface area contributed by atoms with Crippen molar-refractivity contribution in [2.75, 3.05) is 40.0 Å². The van der Waals surface area contributed by atoms with Gasteiger partial charge in [-0.05, 0) is 50.2 Å². The molecule has 2 rings (SSSR count). The number of piperidine rings is 1. The van der Waals surface area contributed by atoms with Crippen molar-refractivity contribution in [1.82, 2.24) is 10.6 Å². The van der Waals surface area contributed by atoms with Gasteiger partial charge in [-0.25, -0.2) is 0 Å². The van der Waals surface area contributed by atoms with E-state index in [2.05, 4.69) is 10.6 Å². The molecule has 2 N–H and O–H groups in total. The Kier molecular flexibility index (Phi) is 6.49. The molecular weight excluding hydrogens is 304 g/mol. The van der Waals surface area contributed by atoms with Crippen molar-refractivity contribution in [1.29, 1.82) is 0 Å². The second kappa shape index (κ2) is 8.36. The molecule has 1 aliphatic heterocycles. The fourth-order valence-corrected chi connectivity index (χ4v) is 2.78. The van der Waals surface area contributed by atoms with Gasteiger partial charge in [-0.15, -0.1) is 0 Å². The topological polar surface area (TPSA) is 59.6 Å². The molecule has 1 aromatic rings. The van der Waals surface area contributed by atoms with E-state index in [9.17, 15) is 4.79 Å². The lowest BCUT2D eigenvalue weighted by molar-refractivity contribution is -0.124. The number of carbonyl (C=O) groups is 1. The van der Waals surface area contributed by atoms with Crippen molar-refractivity contribution >= 4 is 17.5 Å². The maximum Gasteiger partial charge on any atom is 0.257 e. The highest BCUT2D eigenvalue weighted by atomic mass is 35.5. The maximum atomic E-state index is 12.0. The van der Waals surface area contributed by atoms with Crippen molar-refractivity contribution in [3.63, 3.8) is 0 Å². The largest absolute Gasteiger partial charge is 0.484 e. The van der Waals surface area contributed by atoms with Gasteiger partial charge in [0.15, 0.2) is 6.61 Å². The standard InChI is InChI=1S/C16H23ClN2O3/c1-21-12-16(6-8-18-9-7-16)11-19-15(20)10-22-14-4-2-13(17)3-5-14/h2-5,18H,6-12H2,1H3,(H,19,20). The number of hydrogen-bond donors (Lipinski definition) is 2.